The summed E-state index contributed by atoms with van der Waals surface area (Å²) in [6.45, 7) is 1.14. The van der Waals surface area contributed by atoms with Crippen molar-refractivity contribution in [2.24, 2.45) is 0 Å². The molecule has 0 atom stereocenters. The van der Waals surface area contributed by atoms with E-state index in [4.69, 9.17) is 4.74 Å². The Labute approximate surface area is 170 Å². The van der Waals surface area contributed by atoms with Crippen molar-refractivity contribution in [2.75, 3.05) is 13.2 Å². The second kappa shape index (κ2) is 8.91. The Morgan fingerprint density at radius 2 is 1.62 bits per heavy atom. The molecule has 4 heteroatoms. The van der Waals surface area contributed by atoms with Crippen LogP contribution in [0.3, 0.4) is 0 Å². The summed E-state index contributed by atoms with van der Waals surface area (Å²) in [5, 5.41) is 0. The van der Waals surface area contributed by atoms with E-state index >= 15 is 0 Å². The van der Waals surface area contributed by atoms with Gasteiger partial charge in [-0.1, -0.05) is 48.5 Å². The topological polar surface area (TPSA) is 29.5 Å². The van der Waals surface area contributed by atoms with E-state index in [0.717, 1.165) is 36.0 Å². The molecule has 0 bridgehead atoms. The standard InChI is InChI=1S/C25H24FNO2/c26-20-11-15-22(16-12-20)29-18-6-17-27(21-13-14-21)25(28)24-10-5-4-9-23(24)19-7-2-1-3-8-19/h1-5,7-12,15-16,21H,6,13-14,17-18H2. The maximum absolute atomic E-state index is 13.4. The molecule has 0 heterocycles. The van der Waals surface area contributed by atoms with Crippen molar-refractivity contribution < 1.29 is 13.9 Å². The molecule has 3 aromatic rings. The highest BCUT2D eigenvalue weighted by atomic mass is 19.1. The highest BCUT2D eigenvalue weighted by Crippen LogP contribution is 2.31. The molecule has 0 aromatic heterocycles. The Bertz CT molecular complexity index is 952. The molecule has 1 aliphatic rings. The van der Waals surface area contributed by atoms with Gasteiger partial charge in [0.1, 0.15) is 11.6 Å². The van der Waals surface area contributed by atoms with E-state index in [2.05, 4.69) is 0 Å². The van der Waals surface area contributed by atoms with Crippen LogP contribution >= 0.6 is 0 Å². The lowest BCUT2D eigenvalue weighted by molar-refractivity contribution is 0.0734. The normalized spacial score (nSPS) is 13.1. The zero-order valence-electron chi connectivity index (χ0n) is 16.3. The Hall–Kier alpha value is -3.14. The zero-order valence-corrected chi connectivity index (χ0v) is 16.3. The van der Waals surface area contributed by atoms with Crippen LogP contribution in [0.25, 0.3) is 11.1 Å². The molecule has 0 radical (unpaired) electrons. The van der Waals surface area contributed by atoms with Crippen LogP contribution in [0.5, 0.6) is 5.75 Å². The molecule has 29 heavy (non-hydrogen) atoms. The van der Waals surface area contributed by atoms with Crippen LogP contribution in [0.15, 0.2) is 78.9 Å². The van der Waals surface area contributed by atoms with E-state index in [0.29, 0.717) is 24.9 Å². The van der Waals surface area contributed by atoms with Gasteiger partial charge in [0, 0.05) is 18.2 Å². The molecule has 4 rings (SSSR count). The lowest BCUT2D eigenvalue weighted by Gasteiger charge is -2.24. The first kappa shape index (κ1) is 19.2. The summed E-state index contributed by atoms with van der Waals surface area (Å²) in [6, 6.07) is 24.2. The molecule has 0 spiro atoms. The van der Waals surface area contributed by atoms with E-state index < -0.39 is 0 Å². The number of nitrogens with zero attached hydrogens (tertiary/aromatic N) is 1. The molecular weight excluding hydrogens is 365 g/mol. The largest absolute Gasteiger partial charge is 0.494 e. The quantitative estimate of drug-likeness (QED) is 0.472. The fourth-order valence-electron chi connectivity index (χ4n) is 3.49. The van der Waals surface area contributed by atoms with Crippen LogP contribution in [0.4, 0.5) is 4.39 Å². The van der Waals surface area contributed by atoms with Gasteiger partial charge in [-0.25, -0.2) is 4.39 Å². The molecular formula is C25H24FNO2. The number of rotatable bonds is 8. The predicted molar refractivity (Wildman–Crippen MR) is 112 cm³/mol. The van der Waals surface area contributed by atoms with Gasteiger partial charge in [0.2, 0.25) is 0 Å². The molecule has 0 N–H and O–H groups in total. The number of hydrogen-bond donors (Lipinski definition) is 0. The number of hydrogen-bond acceptors (Lipinski definition) is 2. The Balaban J connectivity index is 1.43. The van der Waals surface area contributed by atoms with Crippen molar-refractivity contribution in [3.05, 3.63) is 90.2 Å². The van der Waals surface area contributed by atoms with Gasteiger partial charge in [-0.3, -0.25) is 4.79 Å². The van der Waals surface area contributed by atoms with Gasteiger partial charge in [-0.05, 0) is 60.7 Å². The second-order valence-corrected chi connectivity index (χ2v) is 7.30. The molecule has 1 saturated carbocycles. The number of benzene rings is 3. The first-order valence-electron chi connectivity index (χ1n) is 10.1. The van der Waals surface area contributed by atoms with Crippen molar-refractivity contribution >= 4 is 5.91 Å². The van der Waals surface area contributed by atoms with E-state index in [1.54, 1.807) is 12.1 Å². The summed E-state index contributed by atoms with van der Waals surface area (Å²) in [6.07, 6.45) is 2.84. The molecule has 0 aliphatic heterocycles. The summed E-state index contributed by atoms with van der Waals surface area (Å²) in [5.41, 5.74) is 2.75. The second-order valence-electron chi connectivity index (χ2n) is 7.30. The fourth-order valence-corrected chi connectivity index (χ4v) is 3.49. The molecule has 148 valence electrons. The Morgan fingerprint density at radius 1 is 0.931 bits per heavy atom. The third-order valence-corrected chi connectivity index (χ3v) is 5.12. The van der Waals surface area contributed by atoms with Gasteiger partial charge in [0.15, 0.2) is 0 Å². The van der Waals surface area contributed by atoms with Gasteiger partial charge in [-0.15, -0.1) is 0 Å². The lowest BCUT2D eigenvalue weighted by atomic mass is 9.99. The van der Waals surface area contributed by atoms with Crippen LogP contribution in [0.1, 0.15) is 29.6 Å². The fraction of sp³-hybridized carbons (Fsp3) is 0.240. The monoisotopic (exact) mass is 389 g/mol. The molecule has 3 nitrogen and oxygen atoms in total. The van der Waals surface area contributed by atoms with E-state index in [1.807, 2.05) is 59.5 Å². The minimum absolute atomic E-state index is 0.0775. The van der Waals surface area contributed by atoms with E-state index in [9.17, 15) is 9.18 Å². The smallest absolute Gasteiger partial charge is 0.254 e. The number of halogens is 1. The minimum atomic E-state index is -0.278. The van der Waals surface area contributed by atoms with Crippen LogP contribution in [0.2, 0.25) is 0 Å². The third-order valence-electron chi connectivity index (χ3n) is 5.12. The van der Waals surface area contributed by atoms with Gasteiger partial charge in [0.25, 0.3) is 5.91 Å². The molecule has 0 unspecified atom stereocenters. The molecule has 1 amide bonds. The van der Waals surface area contributed by atoms with Crippen molar-refractivity contribution in [3.63, 3.8) is 0 Å². The van der Waals surface area contributed by atoms with Gasteiger partial charge < -0.3 is 9.64 Å². The third kappa shape index (κ3) is 4.83. The predicted octanol–water partition coefficient (Wildman–Crippen LogP) is 5.57. The molecule has 1 aliphatic carbocycles. The maximum atomic E-state index is 13.4. The van der Waals surface area contributed by atoms with Gasteiger partial charge in [0.05, 0.1) is 6.61 Å². The summed E-state index contributed by atoms with van der Waals surface area (Å²) in [7, 11) is 0. The number of carbonyl (C=O) groups excluding carboxylic acids is 1. The highest BCUT2D eigenvalue weighted by Gasteiger charge is 2.33. The number of carbonyl (C=O) groups is 1. The zero-order chi connectivity index (χ0) is 20.1. The average molecular weight is 389 g/mol. The minimum Gasteiger partial charge on any atom is -0.494 e. The number of ether oxygens (including phenoxy) is 1. The van der Waals surface area contributed by atoms with Crippen LogP contribution in [0, 0.1) is 5.82 Å². The lowest BCUT2D eigenvalue weighted by Crippen LogP contribution is -2.35. The maximum Gasteiger partial charge on any atom is 0.254 e. The Kier molecular flexibility index (Phi) is 5.89. The first-order valence-corrected chi connectivity index (χ1v) is 10.1. The highest BCUT2D eigenvalue weighted by molar-refractivity contribution is 6.01. The van der Waals surface area contributed by atoms with Crippen LogP contribution in [-0.2, 0) is 0 Å². The van der Waals surface area contributed by atoms with Gasteiger partial charge in [-0.2, -0.15) is 0 Å². The Morgan fingerprint density at radius 3 is 2.34 bits per heavy atom. The summed E-state index contributed by atoms with van der Waals surface area (Å²) in [5.74, 6) is 0.443. The van der Waals surface area contributed by atoms with Crippen molar-refractivity contribution in [3.8, 4) is 16.9 Å². The first-order chi connectivity index (χ1) is 14.2. The SMILES string of the molecule is O=C(c1ccccc1-c1ccccc1)N(CCCOc1ccc(F)cc1)C1CC1. The summed E-state index contributed by atoms with van der Waals surface area (Å²) >= 11 is 0. The van der Waals surface area contributed by atoms with Gasteiger partial charge >= 0.3 is 0 Å². The van der Waals surface area contributed by atoms with E-state index in [-0.39, 0.29) is 11.7 Å². The van der Waals surface area contributed by atoms with Crippen molar-refractivity contribution in [2.45, 2.75) is 25.3 Å². The van der Waals surface area contributed by atoms with E-state index in [1.165, 1.54) is 12.1 Å². The molecule has 3 aromatic carbocycles. The number of amides is 1. The molecule has 1 fully saturated rings. The average Bonchev–Trinajstić information content (AvgIpc) is 3.60. The van der Waals surface area contributed by atoms with Crippen LogP contribution in [-0.4, -0.2) is 30.0 Å². The van der Waals surface area contributed by atoms with Crippen molar-refractivity contribution in [1.82, 2.24) is 4.90 Å². The molecule has 0 saturated heterocycles. The summed E-state index contributed by atoms with van der Waals surface area (Å²) < 4.78 is 18.7. The van der Waals surface area contributed by atoms with Crippen LogP contribution < -0.4 is 4.74 Å². The summed E-state index contributed by atoms with van der Waals surface area (Å²) in [4.78, 5) is 15.3. The van der Waals surface area contributed by atoms with Crippen molar-refractivity contribution in [1.29, 1.82) is 0 Å².